The van der Waals surface area contributed by atoms with E-state index in [9.17, 15) is 13.2 Å². The topological polar surface area (TPSA) is 97.8 Å². The molecule has 164 valence electrons. The van der Waals surface area contributed by atoms with E-state index in [4.69, 9.17) is 9.47 Å². The molecule has 0 bridgehead atoms. The van der Waals surface area contributed by atoms with Gasteiger partial charge in [-0.25, -0.2) is 17.7 Å². The number of aromatic nitrogens is 1. The van der Waals surface area contributed by atoms with E-state index in [2.05, 4.69) is 10.3 Å². The third kappa shape index (κ3) is 5.40. The van der Waals surface area contributed by atoms with Gasteiger partial charge in [0.25, 0.3) is 5.91 Å². The van der Waals surface area contributed by atoms with Crippen LogP contribution in [0.3, 0.4) is 0 Å². The van der Waals surface area contributed by atoms with Gasteiger partial charge in [0.1, 0.15) is 11.5 Å². The van der Waals surface area contributed by atoms with Gasteiger partial charge in [0.2, 0.25) is 10.0 Å². The highest BCUT2D eigenvalue weighted by atomic mass is 32.2. The number of hydrogen-bond acceptors (Lipinski definition) is 7. The lowest BCUT2D eigenvalue weighted by atomic mass is 10.2. The number of thiazole rings is 1. The molecule has 0 radical (unpaired) electrons. The summed E-state index contributed by atoms with van der Waals surface area (Å²) in [5.41, 5.74) is 1.38. The molecule has 10 heteroatoms. The van der Waals surface area contributed by atoms with Crippen LogP contribution in [0.15, 0.2) is 58.8 Å². The monoisotopic (exact) mass is 461 g/mol. The van der Waals surface area contributed by atoms with Crippen molar-refractivity contribution in [3.63, 3.8) is 0 Å². The maximum Gasteiger partial charge on any atom is 0.266 e. The summed E-state index contributed by atoms with van der Waals surface area (Å²) in [6.45, 7) is 1.65. The Kier molecular flexibility index (Phi) is 6.94. The molecule has 1 heterocycles. The summed E-state index contributed by atoms with van der Waals surface area (Å²) < 4.78 is 36.3. The predicted octanol–water partition coefficient (Wildman–Crippen LogP) is 3.48. The Hall–Kier alpha value is -2.95. The predicted molar refractivity (Wildman–Crippen MR) is 120 cm³/mol. The number of rotatable bonds is 8. The number of amides is 1. The Morgan fingerprint density at radius 3 is 2.26 bits per heavy atom. The molecule has 8 nitrogen and oxygen atoms in total. The normalized spacial score (nSPS) is 12.4. The van der Waals surface area contributed by atoms with Crippen molar-refractivity contribution in [3.8, 4) is 22.8 Å². The van der Waals surface area contributed by atoms with Gasteiger partial charge in [0.05, 0.1) is 17.7 Å². The molecule has 31 heavy (non-hydrogen) atoms. The molecular formula is C21H23N3O5S2. The Bertz CT molecular complexity index is 1140. The van der Waals surface area contributed by atoms with Crippen LogP contribution in [-0.2, 0) is 14.8 Å². The summed E-state index contributed by atoms with van der Waals surface area (Å²) in [5.74, 6) is 0.923. The summed E-state index contributed by atoms with van der Waals surface area (Å²) in [5, 5.41) is 4.96. The molecule has 0 aliphatic heterocycles. The zero-order valence-corrected chi connectivity index (χ0v) is 19.2. The van der Waals surface area contributed by atoms with Crippen molar-refractivity contribution < 1.29 is 22.7 Å². The third-order valence-corrected chi connectivity index (χ3v) is 6.99. The van der Waals surface area contributed by atoms with Crippen molar-refractivity contribution in [1.82, 2.24) is 9.29 Å². The maximum absolute atomic E-state index is 12.4. The molecule has 1 amide bonds. The number of carbonyl (C=O) groups excluding carboxylic acids is 1. The number of methoxy groups -OCH3 is 1. The number of ether oxygens (including phenoxy) is 2. The summed E-state index contributed by atoms with van der Waals surface area (Å²) in [4.78, 5) is 17.1. The van der Waals surface area contributed by atoms with Crippen LogP contribution in [0.5, 0.6) is 11.5 Å². The molecular weight excluding hydrogens is 438 g/mol. The molecule has 0 aliphatic carbocycles. The van der Waals surface area contributed by atoms with Crippen molar-refractivity contribution in [1.29, 1.82) is 0 Å². The molecule has 1 atom stereocenters. The van der Waals surface area contributed by atoms with Crippen LogP contribution in [0, 0.1) is 0 Å². The summed E-state index contributed by atoms with van der Waals surface area (Å²) in [6, 6.07) is 13.4. The number of anilines is 1. The maximum atomic E-state index is 12.4. The van der Waals surface area contributed by atoms with E-state index in [1.807, 2.05) is 0 Å². The van der Waals surface area contributed by atoms with E-state index in [1.54, 1.807) is 55.8 Å². The summed E-state index contributed by atoms with van der Waals surface area (Å²) in [6.07, 6.45) is -0.726. The van der Waals surface area contributed by atoms with E-state index in [0.717, 1.165) is 9.87 Å². The Labute approximate surface area is 185 Å². The summed E-state index contributed by atoms with van der Waals surface area (Å²) >= 11 is 1.27. The second kappa shape index (κ2) is 9.46. The lowest BCUT2D eigenvalue weighted by molar-refractivity contribution is -0.122. The second-order valence-electron chi connectivity index (χ2n) is 6.77. The van der Waals surface area contributed by atoms with Crippen molar-refractivity contribution in [3.05, 3.63) is 53.9 Å². The average molecular weight is 462 g/mol. The highest BCUT2D eigenvalue weighted by Gasteiger charge is 2.18. The first-order chi connectivity index (χ1) is 14.7. The standard InChI is InChI=1S/C21H23N3O5S2/c1-14(29-17-9-7-16(28-4)8-10-17)20(25)23-21-22-19(13-30-21)15-5-11-18(12-6-15)31(26,27)24(2)3/h5-14H,1-4H3,(H,22,23,25). The van der Waals surface area contributed by atoms with E-state index in [0.29, 0.717) is 22.3 Å². The third-order valence-electron chi connectivity index (χ3n) is 4.40. The van der Waals surface area contributed by atoms with Crippen LogP contribution >= 0.6 is 11.3 Å². The van der Waals surface area contributed by atoms with Gasteiger partial charge in [-0.15, -0.1) is 11.3 Å². The number of nitrogens with one attached hydrogen (secondary N) is 1. The Morgan fingerprint density at radius 1 is 1.06 bits per heavy atom. The average Bonchev–Trinajstić information content (AvgIpc) is 3.22. The van der Waals surface area contributed by atoms with Gasteiger partial charge in [-0.3, -0.25) is 10.1 Å². The SMILES string of the molecule is COc1ccc(OC(C)C(=O)Nc2nc(-c3ccc(S(=O)(=O)N(C)C)cc3)cs2)cc1. The van der Waals surface area contributed by atoms with E-state index >= 15 is 0 Å². The molecule has 3 aromatic rings. The molecule has 1 unspecified atom stereocenters. The van der Waals surface area contributed by atoms with Crippen molar-refractivity contribution in [2.24, 2.45) is 0 Å². The minimum atomic E-state index is -3.49. The van der Waals surface area contributed by atoms with Gasteiger partial charge in [0, 0.05) is 25.0 Å². The van der Waals surface area contributed by atoms with Crippen LogP contribution < -0.4 is 14.8 Å². The van der Waals surface area contributed by atoms with E-state index in [-0.39, 0.29) is 10.8 Å². The molecule has 0 saturated carbocycles. The molecule has 1 N–H and O–H groups in total. The van der Waals surface area contributed by atoms with Crippen molar-refractivity contribution in [2.75, 3.05) is 26.5 Å². The first-order valence-corrected chi connectivity index (χ1v) is 11.6. The number of nitrogens with zero attached hydrogens (tertiary/aromatic N) is 2. The minimum Gasteiger partial charge on any atom is -0.497 e. The molecule has 2 aromatic carbocycles. The number of hydrogen-bond donors (Lipinski definition) is 1. The zero-order valence-electron chi connectivity index (χ0n) is 17.5. The van der Waals surface area contributed by atoms with Crippen molar-refractivity contribution >= 4 is 32.4 Å². The second-order valence-corrected chi connectivity index (χ2v) is 9.78. The lowest BCUT2D eigenvalue weighted by Gasteiger charge is -2.14. The van der Waals surface area contributed by atoms with Gasteiger partial charge < -0.3 is 9.47 Å². The zero-order chi connectivity index (χ0) is 22.6. The number of benzene rings is 2. The van der Waals surface area contributed by atoms with Crippen LogP contribution in [0.1, 0.15) is 6.92 Å². The largest absolute Gasteiger partial charge is 0.497 e. The molecule has 0 saturated heterocycles. The van der Waals surface area contributed by atoms with Gasteiger partial charge in [0.15, 0.2) is 11.2 Å². The number of sulfonamides is 1. The highest BCUT2D eigenvalue weighted by Crippen LogP contribution is 2.27. The van der Waals surface area contributed by atoms with Crippen molar-refractivity contribution in [2.45, 2.75) is 17.9 Å². The number of carbonyl (C=O) groups is 1. The van der Waals surface area contributed by atoms with Crippen LogP contribution in [0.25, 0.3) is 11.3 Å². The lowest BCUT2D eigenvalue weighted by Crippen LogP contribution is -2.30. The fourth-order valence-corrected chi connectivity index (χ4v) is 4.22. The molecule has 0 aliphatic rings. The minimum absolute atomic E-state index is 0.203. The van der Waals surface area contributed by atoms with Gasteiger partial charge in [-0.05, 0) is 43.3 Å². The summed E-state index contributed by atoms with van der Waals surface area (Å²) in [7, 11) is 1.06. The van der Waals surface area contributed by atoms with E-state index < -0.39 is 16.1 Å². The smallest absolute Gasteiger partial charge is 0.266 e. The van der Waals surface area contributed by atoms with Gasteiger partial charge in [-0.2, -0.15) is 0 Å². The van der Waals surface area contributed by atoms with E-state index in [1.165, 1.54) is 37.6 Å². The Morgan fingerprint density at radius 2 is 1.68 bits per heavy atom. The first kappa shape index (κ1) is 22.7. The molecule has 0 fully saturated rings. The molecule has 3 rings (SSSR count). The molecule has 1 aromatic heterocycles. The van der Waals surface area contributed by atoms with Crippen LogP contribution in [0.2, 0.25) is 0 Å². The first-order valence-electron chi connectivity index (χ1n) is 9.31. The van der Waals surface area contributed by atoms with Gasteiger partial charge in [-0.1, -0.05) is 12.1 Å². The fraction of sp³-hybridized carbons (Fsp3) is 0.238. The van der Waals surface area contributed by atoms with Gasteiger partial charge >= 0.3 is 0 Å². The highest BCUT2D eigenvalue weighted by molar-refractivity contribution is 7.89. The molecule has 0 spiro atoms. The fourth-order valence-electron chi connectivity index (χ4n) is 2.59. The quantitative estimate of drug-likeness (QED) is 0.552. The van der Waals surface area contributed by atoms with Crippen LogP contribution in [0.4, 0.5) is 5.13 Å². The Balaban J connectivity index is 1.64. The van der Waals surface area contributed by atoms with Crippen LogP contribution in [-0.4, -0.2) is 50.9 Å².